The summed E-state index contributed by atoms with van der Waals surface area (Å²) in [5, 5.41) is 0. The molecule has 54 valence electrons. The van der Waals surface area contributed by atoms with Crippen LogP contribution in [0.2, 0.25) is 0 Å². The smallest absolute Gasteiger partial charge is 0.0331 e. The minimum Gasteiger partial charge on any atom is -0.399 e. The van der Waals surface area contributed by atoms with Gasteiger partial charge < -0.3 is 5.73 Å². The second-order valence-electron chi connectivity index (χ2n) is 1.89. The van der Waals surface area contributed by atoms with E-state index in [2.05, 4.69) is 15.9 Å². The van der Waals surface area contributed by atoms with Gasteiger partial charge in [0.15, 0.2) is 0 Å². The van der Waals surface area contributed by atoms with E-state index in [9.17, 15) is 0 Å². The van der Waals surface area contributed by atoms with Crippen molar-refractivity contribution in [1.82, 2.24) is 0 Å². The number of nitrogens with two attached hydrogens (primary N) is 1. The van der Waals surface area contributed by atoms with Gasteiger partial charge >= 0.3 is 0 Å². The fourth-order valence-corrected chi connectivity index (χ4v) is 2.02. The standard InChI is InChI=1S/C7H8BrNS/c1-10-7-3-2-5(9)4-6(7)8/h2-4H,9H2,1H3. The van der Waals surface area contributed by atoms with E-state index in [-0.39, 0.29) is 0 Å². The van der Waals surface area contributed by atoms with Crippen LogP contribution in [0.25, 0.3) is 0 Å². The van der Waals surface area contributed by atoms with Crippen LogP contribution in [0.15, 0.2) is 27.6 Å². The molecule has 0 fully saturated rings. The topological polar surface area (TPSA) is 26.0 Å². The van der Waals surface area contributed by atoms with Gasteiger partial charge in [-0.25, -0.2) is 0 Å². The van der Waals surface area contributed by atoms with Gasteiger partial charge in [0.1, 0.15) is 0 Å². The summed E-state index contributed by atoms with van der Waals surface area (Å²) >= 11 is 5.11. The van der Waals surface area contributed by atoms with Crippen molar-refractivity contribution < 1.29 is 0 Å². The predicted octanol–water partition coefficient (Wildman–Crippen LogP) is 2.75. The molecule has 0 radical (unpaired) electrons. The number of nitrogen functional groups attached to an aromatic ring is 1. The highest BCUT2D eigenvalue weighted by Crippen LogP contribution is 2.26. The Morgan fingerprint density at radius 3 is 2.70 bits per heavy atom. The lowest BCUT2D eigenvalue weighted by atomic mass is 10.3. The Labute approximate surface area is 73.1 Å². The first-order valence-electron chi connectivity index (χ1n) is 2.83. The molecule has 0 heterocycles. The fraction of sp³-hybridized carbons (Fsp3) is 0.143. The van der Waals surface area contributed by atoms with Gasteiger partial charge in [0.25, 0.3) is 0 Å². The summed E-state index contributed by atoms with van der Waals surface area (Å²) in [5.74, 6) is 0. The molecule has 0 saturated heterocycles. The van der Waals surface area contributed by atoms with E-state index in [4.69, 9.17) is 5.73 Å². The second-order valence-corrected chi connectivity index (χ2v) is 3.60. The number of anilines is 1. The van der Waals surface area contributed by atoms with Crippen LogP contribution in [0.4, 0.5) is 5.69 Å². The first kappa shape index (κ1) is 7.95. The van der Waals surface area contributed by atoms with Crippen LogP contribution in [-0.4, -0.2) is 6.26 Å². The summed E-state index contributed by atoms with van der Waals surface area (Å²) in [6.45, 7) is 0. The number of rotatable bonds is 1. The van der Waals surface area contributed by atoms with Gasteiger partial charge in [-0.05, 0) is 40.4 Å². The highest BCUT2D eigenvalue weighted by atomic mass is 79.9. The van der Waals surface area contributed by atoms with Crippen LogP contribution in [0.5, 0.6) is 0 Å². The normalized spacial score (nSPS) is 9.80. The van der Waals surface area contributed by atoms with Crippen LogP contribution in [0.3, 0.4) is 0 Å². The molecule has 1 aromatic carbocycles. The lowest BCUT2D eigenvalue weighted by Gasteiger charge is -1.99. The zero-order valence-corrected chi connectivity index (χ0v) is 8.00. The molecule has 0 bridgehead atoms. The third-order valence-electron chi connectivity index (χ3n) is 1.18. The monoisotopic (exact) mass is 217 g/mol. The van der Waals surface area contributed by atoms with Gasteiger partial charge in [-0.2, -0.15) is 0 Å². The summed E-state index contributed by atoms with van der Waals surface area (Å²) < 4.78 is 1.07. The van der Waals surface area contributed by atoms with Crippen molar-refractivity contribution in [2.45, 2.75) is 4.90 Å². The molecular weight excluding hydrogens is 210 g/mol. The lowest BCUT2D eigenvalue weighted by Crippen LogP contribution is -1.83. The first-order valence-corrected chi connectivity index (χ1v) is 4.85. The largest absolute Gasteiger partial charge is 0.399 e. The van der Waals surface area contributed by atoms with Crippen molar-refractivity contribution in [3.05, 3.63) is 22.7 Å². The van der Waals surface area contributed by atoms with Crippen LogP contribution < -0.4 is 5.73 Å². The molecule has 0 saturated carbocycles. The zero-order chi connectivity index (χ0) is 7.56. The van der Waals surface area contributed by atoms with Crippen LogP contribution in [0, 0.1) is 0 Å². The van der Waals surface area contributed by atoms with Crippen LogP contribution in [-0.2, 0) is 0 Å². The number of hydrogen-bond donors (Lipinski definition) is 1. The van der Waals surface area contributed by atoms with E-state index in [1.165, 1.54) is 4.90 Å². The molecule has 2 N–H and O–H groups in total. The molecule has 0 aliphatic rings. The molecule has 1 aromatic rings. The van der Waals surface area contributed by atoms with Crippen LogP contribution >= 0.6 is 27.7 Å². The zero-order valence-electron chi connectivity index (χ0n) is 5.60. The molecule has 0 amide bonds. The van der Waals surface area contributed by atoms with Crippen LogP contribution in [0.1, 0.15) is 0 Å². The first-order chi connectivity index (χ1) is 4.74. The lowest BCUT2D eigenvalue weighted by molar-refractivity contribution is 1.41. The number of benzene rings is 1. The van der Waals surface area contributed by atoms with E-state index >= 15 is 0 Å². The summed E-state index contributed by atoms with van der Waals surface area (Å²) in [7, 11) is 0. The van der Waals surface area contributed by atoms with Gasteiger partial charge in [0.2, 0.25) is 0 Å². The quantitative estimate of drug-likeness (QED) is 0.579. The second kappa shape index (κ2) is 3.30. The Balaban J connectivity index is 3.07. The van der Waals surface area contributed by atoms with Crippen molar-refractivity contribution in [1.29, 1.82) is 0 Å². The van der Waals surface area contributed by atoms with E-state index in [1.54, 1.807) is 11.8 Å². The molecule has 3 heteroatoms. The molecule has 10 heavy (non-hydrogen) atoms. The molecule has 0 spiro atoms. The molecule has 0 unspecified atom stereocenters. The molecule has 0 atom stereocenters. The van der Waals surface area contributed by atoms with E-state index < -0.39 is 0 Å². The Morgan fingerprint density at radius 2 is 2.20 bits per heavy atom. The third-order valence-corrected chi connectivity index (χ3v) is 2.89. The van der Waals surface area contributed by atoms with Crippen molar-refractivity contribution >= 4 is 33.4 Å². The molecule has 1 nitrogen and oxygen atoms in total. The Morgan fingerprint density at radius 1 is 1.50 bits per heavy atom. The summed E-state index contributed by atoms with van der Waals surface area (Å²) in [6, 6.07) is 5.81. The van der Waals surface area contributed by atoms with Crippen molar-refractivity contribution in [3.63, 3.8) is 0 Å². The van der Waals surface area contributed by atoms with Gasteiger partial charge in [0.05, 0.1) is 0 Å². The van der Waals surface area contributed by atoms with Crippen molar-refractivity contribution in [2.24, 2.45) is 0 Å². The number of thioether (sulfide) groups is 1. The molecule has 0 aliphatic heterocycles. The SMILES string of the molecule is CSc1ccc(N)cc1Br. The van der Waals surface area contributed by atoms with Gasteiger partial charge in [-0.3, -0.25) is 0 Å². The Hall–Kier alpha value is -0.150. The summed E-state index contributed by atoms with van der Waals surface area (Å²) in [5.41, 5.74) is 6.34. The summed E-state index contributed by atoms with van der Waals surface area (Å²) in [6.07, 6.45) is 2.04. The van der Waals surface area contributed by atoms with E-state index in [0.29, 0.717) is 0 Å². The maximum Gasteiger partial charge on any atom is 0.0331 e. The highest BCUT2D eigenvalue weighted by Gasteiger charge is 1.96. The van der Waals surface area contributed by atoms with Gasteiger partial charge in [-0.1, -0.05) is 0 Å². The minimum absolute atomic E-state index is 0.796. The molecular formula is C7H8BrNS. The molecule has 0 aromatic heterocycles. The third kappa shape index (κ3) is 1.67. The Bertz CT molecular complexity index is 237. The number of hydrogen-bond acceptors (Lipinski definition) is 2. The maximum absolute atomic E-state index is 5.54. The fourth-order valence-electron chi connectivity index (χ4n) is 0.683. The van der Waals surface area contributed by atoms with E-state index in [0.717, 1.165) is 10.2 Å². The summed E-state index contributed by atoms with van der Waals surface area (Å²) in [4.78, 5) is 1.22. The van der Waals surface area contributed by atoms with Crippen molar-refractivity contribution in [2.75, 3.05) is 12.0 Å². The average molecular weight is 218 g/mol. The minimum atomic E-state index is 0.796. The van der Waals surface area contributed by atoms with E-state index in [1.807, 2.05) is 24.5 Å². The van der Waals surface area contributed by atoms with Gasteiger partial charge in [0, 0.05) is 15.1 Å². The highest BCUT2D eigenvalue weighted by molar-refractivity contribution is 9.10. The van der Waals surface area contributed by atoms with Gasteiger partial charge in [-0.15, -0.1) is 11.8 Å². The molecule has 1 rings (SSSR count). The Kier molecular flexibility index (Phi) is 2.63. The maximum atomic E-state index is 5.54. The van der Waals surface area contributed by atoms with Crippen molar-refractivity contribution in [3.8, 4) is 0 Å². The number of halogens is 1. The predicted molar refractivity (Wildman–Crippen MR) is 50.3 cm³/mol. The molecule has 0 aliphatic carbocycles. The average Bonchev–Trinajstić information content (AvgIpc) is 1.88.